The molecule has 1 fully saturated rings. The summed E-state index contributed by atoms with van der Waals surface area (Å²) < 4.78 is 12.7. The lowest BCUT2D eigenvalue weighted by atomic mass is 10.2. The van der Waals surface area contributed by atoms with Crippen LogP contribution in [-0.4, -0.2) is 30.1 Å². The van der Waals surface area contributed by atoms with Crippen molar-refractivity contribution < 1.29 is 13.9 Å². The molecule has 1 amide bonds. The summed E-state index contributed by atoms with van der Waals surface area (Å²) in [6.07, 6.45) is 2.01. The molecule has 1 unspecified atom stereocenters. The lowest BCUT2D eigenvalue weighted by Gasteiger charge is -2.22. The van der Waals surface area contributed by atoms with E-state index in [0.29, 0.717) is 23.0 Å². The lowest BCUT2D eigenvalue weighted by molar-refractivity contribution is 0.0896. The standard InChI is InChI=1S/C22H20N2O3S/c1-14-6-4-10-19-20(14)23-22(28-19)24(13-16-8-5-11-26-16)21(25)18-12-15-7-2-3-9-17(15)27-18/h2-4,6-7,9-10,12,16H,5,8,11,13H2,1H3. The molecule has 6 heteroatoms. The van der Waals surface area contributed by atoms with Crippen molar-refractivity contribution in [1.82, 2.24) is 4.98 Å². The Morgan fingerprint density at radius 2 is 2.14 bits per heavy atom. The van der Waals surface area contributed by atoms with Crippen molar-refractivity contribution in [3.63, 3.8) is 0 Å². The van der Waals surface area contributed by atoms with Gasteiger partial charge in [0.25, 0.3) is 5.91 Å². The first-order chi connectivity index (χ1) is 13.7. The van der Waals surface area contributed by atoms with Gasteiger partial charge in [0.1, 0.15) is 5.58 Å². The predicted molar refractivity (Wildman–Crippen MR) is 111 cm³/mol. The molecule has 5 nitrogen and oxygen atoms in total. The van der Waals surface area contributed by atoms with Gasteiger partial charge >= 0.3 is 0 Å². The van der Waals surface area contributed by atoms with Crippen molar-refractivity contribution in [2.45, 2.75) is 25.9 Å². The molecule has 0 bridgehead atoms. The summed E-state index contributed by atoms with van der Waals surface area (Å²) in [6, 6.07) is 15.6. The van der Waals surface area contributed by atoms with Crippen LogP contribution in [0.15, 0.2) is 52.9 Å². The number of aryl methyl sites for hydroxylation is 1. The van der Waals surface area contributed by atoms with E-state index >= 15 is 0 Å². The minimum atomic E-state index is -0.177. The van der Waals surface area contributed by atoms with E-state index in [9.17, 15) is 4.79 Å². The second kappa shape index (κ2) is 7.04. The number of furan rings is 1. The molecule has 2 aromatic carbocycles. The van der Waals surface area contributed by atoms with Crippen molar-refractivity contribution in [1.29, 1.82) is 0 Å². The number of rotatable bonds is 4. The molecule has 0 radical (unpaired) electrons. The van der Waals surface area contributed by atoms with Crippen LogP contribution in [0, 0.1) is 6.92 Å². The molecular formula is C22H20N2O3S. The van der Waals surface area contributed by atoms with Gasteiger partial charge in [-0.15, -0.1) is 0 Å². The van der Waals surface area contributed by atoms with Gasteiger partial charge in [0.05, 0.1) is 22.9 Å². The van der Waals surface area contributed by atoms with Crippen molar-refractivity contribution in [2.75, 3.05) is 18.1 Å². The van der Waals surface area contributed by atoms with E-state index in [1.807, 2.05) is 49.4 Å². The third-order valence-corrected chi connectivity index (χ3v) is 6.18. The first-order valence-corrected chi connectivity index (χ1v) is 10.3. The van der Waals surface area contributed by atoms with Gasteiger partial charge in [0.15, 0.2) is 10.9 Å². The largest absolute Gasteiger partial charge is 0.451 e. The molecule has 0 aliphatic carbocycles. The number of benzene rings is 2. The molecule has 5 rings (SSSR count). The van der Waals surface area contributed by atoms with Crippen molar-refractivity contribution in [2.24, 2.45) is 0 Å². The van der Waals surface area contributed by atoms with Gasteiger partial charge in [-0.3, -0.25) is 9.69 Å². The number of para-hydroxylation sites is 2. The minimum absolute atomic E-state index is 0.0291. The van der Waals surface area contributed by atoms with Gasteiger partial charge in [-0.1, -0.05) is 41.7 Å². The number of anilines is 1. The number of aromatic nitrogens is 1. The average molecular weight is 392 g/mol. The van der Waals surface area contributed by atoms with Gasteiger partial charge in [-0.05, 0) is 43.5 Å². The zero-order valence-corrected chi connectivity index (χ0v) is 16.4. The Morgan fingerprint density at radius 3 is 2.93 bits per heavy atom. The monoisotopic (exact) mass is 392 g/mol. The molecular weight excluding hydrogens is 372 g/mol. The van der Waals surface area contributed by atoms with Gasteiger partial charge in [0, 0.05) is 12.0 Å². The zero-order chi connectivity index (χ0) is 19.1. The smallest absolute Gasteiger partial charge is 0.295 e. The van der Waals surface area contributed by atoms with Crippen LogP contribution in [0.1, 0.15) is 29.0 Å². The fourth-order valence-electron chi connectivity index (χ4n) is 3.65. The van der Waals surface area contributed by atoms with Gasteiger partial charge in [0.2, 0.25) is 0 Å². The van der Waals surface area contributed by atoms with Crippen molar-refractivity contribution in [3.8, 4) is 0 Å². The molecule has 1 aliphatic heterocycles. The highest BCUT2D eigenvalue weighted by Gasteiger charge is 2.29. The van der Waals surface area contributed by atoms with Crippen LogP contribution < -0.4 is 4.90 Å². The summed E-state index contributed by atoms with van der Waals surface area (Å²) in [7, 11) is 0. The van der Waals surface area contributed by atoms with Crippen LogP contribution in [0.4, 0.5) is 5.13 Å². The quantitative estimate of drug-likeness (QED) is 0.480. The Labute approximate surface area is 166 Å². The molecule has 0 N–H and O–H groups in total. The molecule has 142 valence electrons. The molecule has 2 aromatic heterocycles. The number of amides is 1. The third-order valence-electron chi connectivity index (χ3n) is 5.13. The Bertz CT molecular complexity index is 1120. The number of nitrogens with zero attached hydrogens (tertiary/aromatic N) is 2. The summed E-state index contributed by atoms with van der Waals surface area (Å²) in [5.74, 6) is 0.151. The molecule has 0 spiro atoms. The van der Waals surface area contributed by atoms with E-state index in [-0.39, 0.29) is 12.0 Å². The maximum absolute atomic E-state index is 13.4. The third kappa shape index (κ3) is 3.08. The number of thiazole rings is 1. The van der Waals surface area contributed by atoms with E-state index in [1.165, 1.54) is 11.3 Å². The molecule has 0 saturated carbocycles. The Hall–Kier alpha value is -2.70. The number of carbonyl (C=O) groups excluding carboxylic acids is 1. The van der Waals surface area contributed by atoms with Crippen LogP contribution in [0.5, 0.6) is 0 Å². The van der Waals surface area contributed by atoms with Crippen LogP contribution in [0.3, 0.4) is 0 Å². The minimum Gasteiger partial charge on any atom is -0.451 e. The van der Waals surface area contributed by atoms with Gasteiger partial charge in [-0.2, -0.15) is 0 Å². The Kier molecular flexibility index (Phi) is 4.37. The predicted octanol–water partition coefficient (Wildman–Crippen LogP) is 5.18. The highest BCUT2D eigenvalue weighted by atomic mass is 32.1. The summed E-state index contributed by atoms with van der Waals surface area (Å²) in [4.78, 5) is 19.9. The van der Waals surface area contributed by atoms with E-state index in [0.717, 1.165) is 40.6 Å². The topological polar surface area (TPSA) is 55.6 Å². The second-order valence-corrected chi connectivity index (χ2v) is 8.13. The summed E-state index contributed by atoms with van der Waals surface area (Å²) >= 11 is 1.53. The normalized spacial score (nSPS) is 16.8. The highest BCUT2D eigenvalue weighted by Crippen LogP contribution is 2.33. The van der Waals surface area contributed by atoms with Crippen LogP contribution in [0.2, 0.25) is 0 Å². The first kappa shape index (κ1) is 17.4. The summed E-state index contributed by atoms with van der Waals surface area (Å²) in [5, 5.41) is 1.60. The Balaban J connectivity index is 1.56. The van der Waals surface area contributed by atoms with Crippen LogP contribution in [0.25, 0.3) is 21.2 Å². The number of hydrogen-bond acceptors (Lipinski definition) is 5. The summed E-state index contributed by atoms with van der Waals surface area (Å²) in [6.45, 7) is 3.27. The molecule has 1 aliphatic rings. The lowest BCUT2D eigenvalue weighted by Crippen LogP contribution is -2.37. The molecule has 1 atom stereocenters. The van der Waals surface area contributed by atoms with Gasteiger partial charge < -0.3 is 9.15 Å². The maximum Gasteiger partial charge on any atom is 0.295 e. The number of hydrogen-bond donors (Lipinski definition) is 0. The molecule has 1 saturated heterocycles. The molecule has 28 heavy (non-hydrogen) atoms. The van der Waals surface area contributed by atoms with E-state index in [2.05, 4.69) is 0 Å². The molecule has 4 aromatic rings. The SMILES string of the molecule is Cc1cccc2sc(N(CC3CCCO3)C(=O)c3cc4ccccc4o3)nc12. The number of fused-ring (bicyclic) bond motifs is 2. The Morgan fingerprint density at radius 1 is 1.25 bits per heavy atom. The van der Waals surface area contributed by atoms with Crippen LogP contribution >= 0.6 is 11.3 Å². The van der Waals surface area contributed by atoms with E-state index in [4.69, 9.17) is 14.1 Å². The second-order valence-electron chi connectivity index (χ2n) is 7.12. The van der Waals surface area contributed by atoms with Crippen LogP contribution in [-0.2, 0) is 4.74 Å². The fraction of sp³-hybridized carbons (Fsp3) is 0.273. The average Bonchev–Trinajstić information content (AvgIpc) is 3.44. The summed E-state index contributed by atoms with van der Waals surface area (Å²) in [5.41, 5.74) is 2.76. The molecule has 3 heterocycles. The van der Waals surface area contributed by atoms with Crippen molar-refractivity contribution in [3.05, 3.63) is 59.9 Å². The van der Waals surface area contributed by atoms with E-state index in [1.54, 1.807) is 11.0 Å². The van der Waals surface area contributed by atoms with Crippen molar-refractivity contribution >= 4 is 43.6 Å². The zero-order valence-electron chi connectivity index (χ0n) is 15.6. The van der Waals surface area contributed by atoms with Gasteiger partial charge in [-0.25, -0.2) is 4.98 Å². The number of carbonyl (C=O) groups is 1. The van der Waals surface area contributed by atoms with E-state index < -0.39 is 0 Å². The maximum atomic E-state index is 13.4. The highest BCUT2D eigenvalue weighted by molar-refractivity contribution is 7.22. The number of ether oxygens (including phenoxy) is 1. The fourth-order valence-corrected chi connectivity index (χ4v) is 4.70. The first-order valence-electron chi connectivity index (χ1n) is 9.47.